The Morgan fingerprint density at radius 1 is 1.62 bits per heavy atom. The lowest BCUT2D eigenvalue weighted by molar-refractivity contribution is -0.667. The Hall–Kier alpha value is -0.480. The van der Waals surface area contributed by atoms with Crippen LogP contribution in [0.5, 0.6) is 0 Å². The van der Waals surface area contributed by atoms with Crippen LogP contribution in [0.15, 0.2) is 12.7 Å². The van der Waals surface area contributed by atoms with Gasteiger partial charge in [-0.25, -0.2) is 0 Å². The van der Waals surface area contributed by atoms with E-state index in [2.05, 4.69) is 24.5 Å². The minimum absolute atomic E-state index is 0.138. The van der Waals surface area contributed by atoms with Crippen LogP contribution in [-0.2, 0) is 9.53 Å². The summed E-state index contributed by atoms with van der Waals surface area (Å²) in [6.07, 6.45) is 3.47. The highest BCUT2D eigenvalue weighted by atomic mass is 32.1. The SMILES string of the molecule is C=CC1(OC(=O)CS)CC[NH2+]CC1. The third-order valence-electron chi connectivity index (χ3n) is 2.36. The molecule has 1 saturated heterocycles. The molecule has 0 aromatic rings. The molecule has 0 atom stereocenters. The molecular weight excluding hydrogens is 186 g/mol. The van der Waals surface area contributed by atoms with Crippen molar-refractivity contribution in [1.29, 1.82) is 0 Å². The minimum atomic E-state index is -0.422. The van der Waals surface area contributed by atoms with Crippen molar-refractivity contribution >= 4 is 18.6 Å². The fraction of sp³-hybridized carbons (Fsp3) is 0.667. The first kappa shape index (κ1) is 10.6. The molecule has 0 amide bonds. The van der Waals surface area contributed by atoms with Gasteiger partial charge in [-0.05, 0) is 6.08 Å². The van der Waals surface area contributed by atoms with Crippen LogP contribution in [0, 0.1) is 0 Å². The summed E-state index contributed by atoms with van der Waals surface area (Å²) in [5, 5.41) is 2.22. The van der Waals surface area contributed by atoms with Gasteiger partial charge < -0.3 is 10.1 Å². The van der Waals surface area contributed by atoms with Gasteiger partial charge in [0.05, 0.1) is 18.8 Å². The van der Waals surface area contributed by atoms with E-state index in [1.54, 1.807) is 6.08 Å². The molecule has 1 aliphatic heterocycles. The predicted octanol–water partition coefficient (Wildman–Crippen LogP) is -0.259. The number of ether oxygens (including phenoxy) is 1. The molecule has 2 N–H and O–H groups in total. The van der Waals surface area contributed by atoms with Crippen molar-refractivity contribution in [3.05, 3.63) is 12.7 Å². The normalized spacial score (nSPS) is 20.7. The van der Waals surface area contributed by atoms with Crippen LogP contribution in [0.3, 0.4) is 0 Å². The monoisotopic (exact) mass is 202 g/mol. The van der Waals surface area contributed by atoms with E-state index in [-0.39, 0.29) is 11.7 Å². The number of carbonyl (C=O) groups excluding carboxylic acids is 1. The first-order valence-electron chi connectivity index (χ1n) is 4.50. The van der Waals surface area contributed by atoms with E-state index >= 15 is 0 Å². The maximum absolute atomic E-state index is 11.1. The highest BCUT2D eigenvalue weighted by molar-refractivity contribution is 7.81. The zero-order valence-electron chi connectivity index (χ0n) is 7.66. The van der Waals surface area contributed by atoms with E-state index in [4.69, 9.17) is 4.74 Å². The van der Waals surface area contributed by atoms with E-state index < -0.39 is 5.60 Å². The number of rotatable bonds is 3. The van der Waals surface area contributed by atoms with Gasteiger partial charge in [0.1, 0.15) is 5.60 Å². The molecule has 1 rings (SSSR count). The van der Waals surface area contributed by atoms with Crippen molar-refractivity contribution < 1.29 is 14.8 Å². The van der Waals surface area contributed by atoms with E-state index in [1.807, 2.05) is 0 Å². The standard InChI is InChI=1S/C9H15NO2S/c1-2-9(12-8(11)7-13)3-5-10-6-4-9/h2,10,13H,1,3-7H2/p+1. The topological polar surface area (TPSA) is 42.9 Å². The summed E-state index contributed by atoms with van der Waals surface area (Å²) in [5.74, 6) is -0.121. The first-order chi connectivity index (χ1) is 6.22. The molecule has 1 aliphatic rings. The van der Waals surface area contributed by atoms with E-state index in [9.17, 15) is 4.79 Å². The summed E-state index contributed by atoms with van der Waals surface area (Å²) in [6.45, 7) is 5.71. The lowest BCUT2D eigenvalue weighted by Gasteiger charge is -2.32. The highest BCUT2D eigenvalue weighted by Crippen LogP contribution is 2.22. The summed E-state index contributed by atoms with van der Waals surface area (Å²) in [5.41, 5.74) is -0.422. The van der Waals surface area contributed by atoms with Crippen LogP contribution in [0.25, 0.3) is 0 Å². The summed E-state index contributed by atoms with van der Waals surface area (Å²) in [6, 6.07) is 0. The number of nitrogens with two attached hydrogens (primary N) is 1. The van der Waals surface area contributed by atoms with Gasteiger partial charge in [0.2, 0.25) is 0 Å². The lowest BCUT2D eigenvalue weighted by Crippen LogP contribution is -2.87. The Balaban J connectivity index is 2.57. The Kier molecular flexibility index (Phi) is 3.81. The summed E-state index contributed by atoms with van der Waals surface area (Å²) < 4.78 is 5.32. The average molecular weight is 202 g/mol. The second kappa shape index (κ2) is 4.67. The molecule has 0 aromatic carbocycles. The first-order valence-corrected chi connectivity index (χ1v) is 5.14. The fourth-order valence-electron chi connectivity index (χ4n) is 1.57. The van der Waals surface area contributed by atoms with Gasteiger partial charge in [-0.1, -0.05) is 6.58 Å². The quantitative estimate of drug-likeness (QED) is 0.376. The number of piperidine rings is 1. The molecule has 74 valence electrons. The van der Waals surface area contributed by atoms with Gasteiger partial charge in [-0.15, -0.1) is 0 Å². The number of thiol groups is 1. The average Bonchev–Trinajstić information content (AvgIpc) is 2.19. The van der Waals surface area contributed by atoms with Gasteiger partial charge in [0, 0.05) is 12.8 Å². The number of carbonyl (C=O) groups is 1. The van der Waals surface area contributed by atoms with Crippen LogP contribution in [0.1, 0.15) is 12.8 Å². The third kappa shape index (κ3) is 2.74. The van der Waals surface area contributed by atoms with E-state index in [1.165, 1.54) is 0 Å². The van der Waals surface area contributed by atoms with Crippen molar-refractivity contribution in [1.82, 2.24) is 0 Å². The van der Waals surface area contributed by atoms with Crippen molar-refractivity contribution in [2.45, 2.75) is 18.4 Å². The molecule has 0 unspecified atom stereocenters. The molecule has 3 nitrogen and oxygen atoms in total. The third-order valence-corrected chi connectivity index (χ3v) is 2.62. The molecule has 0 saturated carbocycles. The second-order valence-electron chi connectivity index (χ2n) is 3.27. The number of quaternary nitrogens is 1. The van der Waals surface area contributed by atoms with Crippen LogP contribution >= 0.6 is 12.6 Å². The van der Waals surface area contributed by atoms with Crippen LogP contribution in [-0.4, -0.2) is 30.4 Å². The van der Waals surface area contributed by atoms with Gasteiger partial charge in [0.15, 0.2) is 0 Å². The Morgan fingerprint density at radius 3 is 2.69 bits per heavy atom. The Labute approximate surface area is 83.9 Å². The summed E-state index contributed by atoms with van der Waals surface area (Å²) >= 11 is 3.87. The maximum atomic E-state index is 11.1. The molecular formula is C9H16NO2S+. The lowest BCUT2D eigenvalue weighted by atomic mass is 9.92. The van der Waals surface area contributed by atoms with Crippen molar-refractivity contribution in [2.24, 2.45) is 0 Å². The molecule has 0 radical (unpaired) electrons. The minimum Gasteiger partial charge on any atom is -0.454 e. The zero-order valence-corrected chi connectivity index (χ0v) is 8.56. The summed E-state index contributed by atoms with van der Waals surface area (Å²) in [7, 11) is 0. The molecule has 0 bridgehead atoms. The van der Waals surface area contributed by atoms with Gasteiger partial charge in [0.25, 0.3) is 0 Å². The molecule has 0 aliphatic carbocycles. The highest BCUT2D eigenvalue weighted by Gasteiger charge is 2.34. The van der Waals surface area contributed by atoms with Crippen LogP contribution in [0.2, 0.25) is 0 Å². The number of hydrogen-bond acceptors (Lipinski definition) is 3. The molecule has 0 aromatic heterocycles. The fourth-order valence-corrected chi connectivity index (χ4v) is 1.63. The Bertz CT molecular complexity index is 200. The van der Waals surface area contributed by atoms with Gasteiger partial charge >= 0.3 is 5.97 Å². The molecule has 13 heavy (non-hydrogen) atoms. The van der Waals surface area contributed by atoms with Gasteiger partial charge in [-0.2, -0.15) is 12.6 Å². The van der Waals surface area contributed by atoms with Crippen molar-refractivity contribution in [3.63, 3.8) is 0 Å². The predicted molar refractivity (Wildman–Crippen MR) is 53.8 cm³/mol. The van der Waals surface area contributed by atoms with Crippen molar-refractivity contribution in [3.8, 4) is 0 Å². The van der Waals surface area contributed by atoms with Crippen LogP contribution in [0.4, 0.5) is 0 Å². The second-order valence-corrected chi connectivity index (χ2v) is 3.58. The molecule has 1 heterocycles. The van der Waals surface area contributed by atoms with Crippen molar-refractivity contribution in [2.75, 3.05) is 18.8 Å². The van der Waals surface area contributed by atoms with E-state index in [0.717, 1.165) is 25.9 Å². The number of hydrogen-bond donors (Lipinski definition) is 2. The molecule has 0 spiro atoms. The van der Waals surface area contributed by atoms with Crippen LogP contribution < -0.4 is 5.32 Å². The summed E-state index contributed by atoms with van der Waals surface area (Å²) in [4.78, 5) is 11.1. The molecule has 1 fully saturated rings. The maximum Gasteiger partial charge on any atom is 0.316 e. The Morgan fingerprint density at radius 2 is 2.23 bits per heavy atom. The smallest absolute Gasteiger partial charge is 0.316 e. The van der Waals surface area contributed by atoms with E-state index in [0.29, 0.717) is 0 Å². The zero-order chi connectivity index (χ0) is 9.73. The largest absolute Gasteiger partial charge is 0.454 e. The molecule has 4 heteroatoms. The number of esters is 1. The van der Waals surface area contributed by atoms with Gasteiger partial charge in [-0.3, -0.25) is 4.79 Å².